The smallest absolute Gasteiger partial charge is 0.260 e. The molecular formula is C12H15F2NO. The number of halogens is 2. The number of alkyl halides is 2. The predicted molar refractivity (Wildman–Crippen MR) is 57.8 cm³/mol. The minimum Gasteiger partial charge on any atom is -0.497 e. The van der Waals surface area contributed by atoms with Crippen LogP contribution in [-0.4, -0.2) is 13.5 Å². The number of aryl methyl sites for hydroxylation is 1. The molecule has 2 N–H and O–H groups in total. The number of fused-ring (bicyclic) bond motifs is 1. The second-order valence-corrected chi connectivity index (χ2v) is 4.22. The minimum absolute atomic E-state index is 0.337. The van der Waals surface area contributed by atoms with Gasteiger partial charge in [-0.25, -0.2) is 8.78 Å². The van der Waals surface area contributed by atoms with E-state index in [1.807, 2.05) is 0 Å². The minimum atomic E-state index is -2.53. The van der Waals surface area contributed by atoms with Crippen molar-refractivity contribution < 1.29 is 13.5 Å². The molecule has 0 radical (unpaired) electrons. The molecule has 0 amide bonds. The van der Waals surface area contributed by atoms with Crippen LogP contribution in [0.2, 0.25) is 0 Å². The van der Waals surface area contributed by atoms with Crippen LogP contribution in [0.25, 0.3) is 0 Å². The first-order valence-corrected chi connectivity index (χ1v) is 5.32. The first kappa shape index (κ1) is 11.3. The average molecular weight is 227 g/mol. The van der Waals surface area contributed by atoms with Crippen LogP contribution in [0.5, 0.6) is 5.75 Å². The molecule has 0 aromatic heterocycles. The van der Waals surface area contributed by atoms with Gasteiger partial charge in [0.05, 0.1) is 7.11 Å². The van der Waals surface area contributed by atoms with E-state index in [0.29, 0.717) is 24.2 Å². The third-order valence-corrected chi connectivity index (χ3v) is 3.24. The molecule has 16 heavy (non-hydrogen) atoms. The fourth-order valence-corrected chi connectivity index (χ4v) is 2.29. The monoisotopic (exact) mass is 227 g/mol. The number of rotatable bonds is 2. The van der Waals surface area contributed by atoms with Crippen molar-refractivity contribution in [2.75, 3.05) is 7.11 Å². The van der Waals surface area contributed by atoms with Gasteiger partial charge in [0.15, 0.2) is 0 Å². The Balaban J connectivity index is 2.47. The number of benzene rings is 1. The maximum absolute atomic E-state index is 13.0. The Kier molecular flexibility index (Phi) is 2.84. The fraction of sp³-hybridized carbons (Fsp3) is 0.500. The van der Waals surface area contributed by atoms with Crippen molar-refractivity contribution in [1.82, 2.24) is 0 Å². The van der Waals surface area contributed by atoms with Crippen molar-refractivity contribution >= 4 is 0 Å². The molecule has 1 unspecified atom stereocenters. The Bertz CT molecular complexity index is 395. The third kappa shape index (κ3) is 1.67. The molecule has 0 fully saturated rings. The van der Waals surface area contributed by atoms with Gasteiger partial charge in [0.1, 0.15) is 11.3 Å². The summed E-state index contributed by atoms with van der Waals surface area (Å²) in [6.45, 7) is 0. The summed E-state index contributed by atoms with van der Waals surface area (Å²) in [6, 6.07) is 5.16. The standard InChI is InChI=1S/C12H15F2NO/c1-16-9-4-5-10-8(7-9)3-2-6-12(10,15)11(13)14/h4-5,7,11H,2-3,6,15H2,1H3. The van der Waals surface area contributed by atoms with Gasteiger partial charge >= 0.3 is 0 Å². The van der Waals surface area contributed by atoms with Crippen molar-refractivity contribution in [3.05, 3.63) is 29.3 Å². The van der Waals surface area contributed by atoms with Crippen LogP contribution in [0.3, 0.4) is 0 Å². The number of methoxy groups -OCH3 is 1. The Morgan fingerprint density at radius 1 is 1.44 bits per heavy atom. The molecule has 1 aromatic carbocycles. The van der Waals surface area contributed by atoms with Gasteiger partial charge < -0.3 is 10.5 Å². The number of hydrogen-bond donors (Lipinski definition) is 1. The second kappa shape index (κ2) is 4.01. The van der Waals surface area contributed by atoms with Gasteiger partial charge in [-0.2, -0.15) is 0 Å². The van der Waals surface area contributed by atoms with Crippen LogP contribution in [-0.2, 0) is 12.0 Å². The molecule has 0 spiro atoms. The summed E-state index contributed by atoms with van der Waals surface area (Å²) in [7, 11) is 1.56. The highest BCUT2D eigenvalue weighted by atomic mass is 19.3. The number of nitrogens with two attached hydrogens (primary N) is 1. The first-order chi connectivity index (χ1) is 7.58. The molecule has 0 saturated carbocycles. The molecule has 2 nitrogen and oxygen atoms in total. The van der Waals surface area contributed by atoms with Crippen LogP contribution < -0.4 is 10.5 Å². The summed E-state index contributed by atoms with van der Waals surface area (Å²) in [6.07, 6.45) is -0.705. The van der Waals surface area contributed by atoms with Crippen LogP contribution in [0.15, 0.2) is 18.2 Å². The molecule has 0 bridgehead atoms. The highest BCUT2D eigenvalue weighted by Gasteiger charge is 2.41. The molecule has 4 heteroatoms. The van der Waals surface area contributed by atoms with Gasteiger partial charge in [0, 0.05) is 0 Å². The van der Waals surface area contributed by atoms with Gasteiger partial charge in [0.2, 0.25) is 0 Å². The fourth-order valence-electron chi connectivity index (χ4n) is 2.29. The highest BCUT2D eigenvalue weighted by molar-refractivity contribution is 5.41. The molecule has 1 aliphatic rings. The molecule has 2 rings (SSSR count). The number of ether oxygens (including phenoxy) is 1. The van der Waals surface area contributed by atoms with E-state index in [1.54, 1.807) is 25.3 Å². The van der Waals surface area contributed by atoms with Crippen LogP contribution in [0, 0.1) is 0 Å². The molecule has 0 aliphatic heterocycles. The van der Waals surface area contributed by atoms with E-state index in [0.717, 1.165) is 12.0 Å². The van der Waals surface area contributed by atoms with Crippen molar-refractivity contribution in [2.24, 2.45) is 5.73 Å². The topological polar surface area (TPSA) is 35.2 Å². The van der Waals surface area contributed by atoms with E-state index in [9.17, 15) is 8.78 Å². The van der Waals surface area contributed by atoms with Gasteiger partial charge in [-0.1, -0.05) is 6.07 Å². The van der Waals surface area contributed by atoms with E-state index in [-0.39, 0.29) is 0 Å². The molecule has 1 atom stereocenters. The summed E-state index contributed by atoms with van der Waals surface area (Å²) in [5.74, 6) is 0.692. The molecule has 88 valence electrons. The van der Waals surface area contributed by atoms with Gasteiger partial charge in [-0.15, -0.1) is 0 Å². The van der Waals surface area contributed by atoms with E-state index in [4.69, 9.17) is 10.5 Å². The van der Waals surface area contributed by atoms with E-state index in [1.165, 1.54) is 0 Å². The zero-order valence-corrected chi connectivity index (χ0v) is 9.17. The van der Waals surface area contributed by atoms with E-state index >= 15 is 0 Å². The van der Waals surface area contributed by atoms with Crippen molar-refractivity contribution in [1.29, 1.82) is 0 Å². The van der Waals surface area contributed by atoms with Gasteiger partial charge in [-0.3, -0.25) is 0 Å². The predicted octanol–water partition coefficient (Wildman–Crippen LogP) is 2.45. The van der Waals surface area contributed by atoms with Gasteiger partial charge in [-0.05, 0) is 42.5 Å². The van der Waals surface area contributed by atoms with Crippen molar-refractivity contribution in [2.45, 2.75) is 31.2 Å². The first-order valence-electron chi connectivity index (χ1n) is 5.32. The zero-order valence-electron chi connectivity index (χ0n) is 9.17. The van der Waals surface area contributed by atoms with E-state index in [2.05, 4.69) is 0 Å². The average Bonchev–Trinajstić information content (AvgIpc) is 2.28. The lowest BCUT2D eigenvalue weighted by Crippen LogP contribution is -2.46. The zero-order chi connectivity index (χ0) is 11.8. The van der Waals surface area contributed by atoms with Crippen LogP contribution >= 0.6 is 0 Å². The second-order valence-electron chi connectivity index (χ2n) is 4.22. The SMILES string of the molecule is COc1ccc2c(c1)CCCC2(N)C(F)F. The van der Waals surface area contributed by atoms with E-state index < -0.39 is 12.0 Å². The summed E-state index contributed by atoms with van der Waals surface area (Å²) >= 11 is 0. The van der Waals surface area contributed by atoms with Crippen LogP contribution in [0.4, 0.5) is 8.78 Å². The normalized spacial score (nSPS) is 24.3. The number of hydrogen-bond acceptors (Lipinski definition) is 2. The maximum atomic E-state index is 13.0. The molecule has 1 aliphatic carbocycles. The van der Waals surface area contributed by atoms with Gasteiger partial charge in [0.25, 0.3) is 6.43 Å². The summed E-state index contributed by atoms with van der Waals surface area (Å²) in [4.78, 5) is 0. The maximum Gasteiger partial charge on any atom is 0.260 e. The highest BCUT2D eigenvalue weighted by Crippen LogP contribution is 2.38. The Morgan fingerprint density at radius 3 is 2.81 bits per heavy atom. The summed E-state index contributed by atoms with van der Waals surface area (Å²) < 4.78 is 31.1. The molecule has 0 heterocycles. The Morgan fingerprint density at radius 2 is 2.19 bits per heavy atom. The molecule has 1 aromatic rings. The van der Waals surface area contributed by atoms with Crippen molar-refractivity contribution in [3.8, 4) is 5.75 Å². The third-order valence-electron chi connectivity index (χ3n) is 3.24. The quantitative estimate of drug-likeness (QED) is 0.842. The summed E-state index contributed by atoms with van der Waals surface area (Å²) in [5.41, 5.74) is 5.78. The lowest BCUT2D eigenvalue weighted by atomic mass is 9.77. The lowest BCUT2D eigenvalue weighted by molar-refractivity contribution is 0.0413. The Hall–Kier alpha value is -1.16. The molecule has 0 saturated heterocycles. The Labute approximate surface area is 93.4 Å². The largest absolute Gasteiger partial charge is 0.497 e. The lowest BCUT2D eigenvalue weighted by Gasteiger charge is -2.35. The van der Waals surface area contributed by atoms with Crippen LogP contribution in [0.1, 0.15) is 24.0 Å². The molecular weight excluding hydrogens is 212 g/mol. The summed E-state index contributed by atoms with van der Waals surface area (Å²) in [5, 5.41) is 0. The van der Waals surface area contributed by atoms with Crippen molar-refractivity contribution in [3.63, 3.8) is 0 Å².